The average molecular weight is 919 g/mol. The molecule has 4 aliphatic carbocycles. The number of carbonyl (C=O) groups is 4. The number of methoxy groups -OCH3 is 2. The average Bonchev–Trinajstić information content (AvgIpc) is 4.13. The number of aromatic amines is 2. The molecule has 4 bridgehead atoms. The third-order valence-corrected chi connectivity index (χ3v) is 14.0. The smallest absolute Gasteiger partial charge is 0.407 e. The van der Waals surface area contributed by atoms with Crippen molar-refractivity contribution in [2.75, 3.05) is 27.3 Å². The largest absolute Gasteiger partial charge is 0.453 e. The number of ether oxygens (including phenoxy) is 2. The Morgan fingerprint density at radius 1 is 0.632 bits per heavy atom. The van der Waals surface area contributed by atoms with Gasteiger partial charge in [-0.1, -0.05) is 96.2 Å². The van der Waals surface area contributed by atoms with Gasteiger partial charge >= 0.3 is 12.2 Å². The van der Waals surface area contributed by atoms with E-state index < -0.39 is 24.3 Å². The topological polar surface area (TPSA) is 175 Å². The number of likely N-dealkylation sites (tertiary alicyclic amines) is 2. The minimum Gasteiger partial charge on any atom is -0.453 e. The number of carbonyl (C=O) groups excluding carboxylic acids is 4. The number of hydrogen-bond acceptors (Lipinski definition) is 8. The molecule has 2 saturated heterocycles. The minimum absolute atomic E-state index is 0.123. The summed E-state index contributed by atoms with van der Waals surface area (Å²) in [7, 11) is 2.61. The molecule has 4 aromatic carbocycles. The molecule has 6 aliphatic rings. The summed E-state index contributed by atoms with van der Waals surface area (Å²) >= 11 is 0. The van der Waals surface area contributed by atoms with Crippen LogP contribution in [0.25, 0.3) is 56.5 Å². The molecule has 0 spiro atoms. The predicted molar refractivity (Wildman–Crippen MR) is 264 cm³/mol. The maximum Gasteiger partial charge on any atom is 0.407 e. The van der Waals surface area contributed by atoms with Crippen LogP contribution < -0.4 is 10.6 Å². The molecule has 4 amide bonds. The Labute approximate surface area is 397 Å². The van der Waals surface area contributed by atoms with Gasteiger partial charge in [0.25, 0.3) is 0 Å². The Balaban J connectivity index is 0.974. The number of benzene rings is 4. The van der Waals surface area contributed by atoms with Crippen LogP contribution in [0.5, 0.6) is 0 Å². The van der Waals surface area contributed by atoms with Crippen molar-refractivity contribution < 1.29 is 28.7 Å². The van der Waals surface area contributed by atoms with Gasteiger partial charge in [-0.15, -0.1) is 0 Å². The van der Waals surface area contributed by atoms with Crippen molar-refractivity contribution in [1.82, 2.24) is 40.4 Å². The summed E-state index contributed by atoms with van der Waals surface area (Å²) in [4.78, 5) is 73.2. The fourth-order valence-corrected chi connectivity index (χ4v) is 10.4. The van der Waals surface area contributed by atoms with E-state index in [-0.39, 0.29) is 47.6 Å². The summed E-state index contributed by atoms with van der Waals surface area (Å²) < 4.78 is 9.67. The highest BCUT2D eigenvalue weighted by Crippen LogP contribution is 2.39. The van der Waals surface area contributed by atoms with Gasteiger partial charge in [-0.2, -0.15) is 0 Å². The Morgan fingerprint density at radius 3 is 1.68 bits per heavy atom. The molecule has 12 rings (SSSR count). The number of H-pyrrole nitrogens is 2. The third-order valence-electron chi connectivity index (χ3n) is 14.0. The van der Waals surface area contributed by atoms with Crippen LogP contribution >= 0.6 is 0 Å². The SMILES string of the molecule is COC(=O)N[C@H](C(=O)N1C[C@H](C)C[C@H]1c1nc2ccc(-c3cc4ccc3/C=C\c3ccc(c(-c5ccc6nc([C@@H]7C[C@@H](C)CN7C(=O)[C@@H](NC(=O)OC)C(C)C)[nH]c6c5)c3)CC4)cc2[nH]1)C(C)C. The van der Waals surface area contributed by atoms with Crippen molar-refractivity contribution >= 4 is 58.2 Å². The molecule has 6 atom stereocenters. The van der Waals surface area contributed by atoms with E-state index >= 15 is 0 Å². The summed E-state index contributed by atoms with van der Waals surface area (Å²) in [5.41, 5.74) is 12.6. The van der Waals surface area contributed by atoms with E-state index in [1.54, 1.807) is 0 Å². The number of aryl methyl sites for hydroxylation is 2. The molecule has 14 heteroatoms. The van der Waals surface area contributed by atoms with Crippen LogP contribution in [0.2, 0.25) is 0 Å². The first-order chi connectivity index (χ1) is 32.7. The van der Waals surface area contributed by atoms with Crippen LogP contribution in [0.3, 0.4) is 0 Å². The van der Waals surface area contributed by atoms with Crippen molar-refractivity contribution in [3.8, 4) is 22.3 Å². The zero-order chi connectivity index (χ0) is 48.0. The monoisotopic (exact) mass is 918 g/mol. The zero-order valence-electron chi connectivity index (χ0n) is 40.2. The molecule has 4 N–H and O–H groups in total. The number of nitrogens with one attached hydrogen (secondary N) is 4. The van der Waals surface area contributed by atoms with Gasteiger partial charge in [0.2, 0.25) is 11.8 Å². The maximum absolute atomic E-state index is 14.0. The normalized spacial score (nSPS) is 20.4. The van der Waals surface area contributed by atoms with Gasteiger partial charge in [-0.25, -0.2) is 19.6 Å². The molecule has 14 nitrogen and oxygen atoms in total. The second-order valence-corrected chi connectivity index (χ2v) is 19.8. The summed E-state index contributed by atoms with van der Waals surface area (Å²) in [6.07, 6.45) is 6.32. The van der Waals surface area contributed by atoms with Gasteiger partial charge in [0.05, 0.1) is 48.4 Å². The maximum atomic E-state index is 14.0. The summed E-state index contributed by atoms with van der Waals surface area (Å²) in [5.74, 6) is 1.50. The van der Waals surface area contributed by atoms with E-state index in [1.165, 1.54) is 25.3 Å². The minimum atomic E-state index is -0.711. The molecule has 6 aromatic rings. The summed E-state index contributed by atoms with van der Waals surface area (Å²) in [6.45, 7) is 13.1. The Hall–Kier alpha value is -6.96. The number of fused-ring (bicyclic) bond motifs is 2. The van der Waals surface area contributed by atoms with Crippen LogP contribution in [0.1, 0.15) is 100 Å². The van der Waals surface area contributed by atoms with Crippen LogP contribution in [0.4, 0.5) is 9.59 Å². The number of imidazole rings is 2. The summed E-state index contributed by atoms with van der Waals surface area (Å²) in [5, 5.41) is 5.50. The second kappa shape index (κ2) is 19.0. The standard InChI is InChI=1S/C54H62N8O6/c1-29(2)47(59-53(65)67-7)51(63)61-27-31(5)21-45(61)49-55-41-19-17-37(25-43(41)57-49)39-23-33-9-13-35(39)15-11-34-10-14-36(16-12-33)40(24-34)38-18-20-42-44(26-38)58-50(56-42)46-22-32(6)28-62(46)52(64)48(30(3)4)60-54(66)68-8/h9-11,13-15,17-20,23-26,29-32,45-48H,12,16,21-22,27-28H2,1-8H3,(H,55,57)(H,56,58)(H,59,65)(H,60,66)/b15-11-/t31-,32-,45+,46+,47+,48+/m1/s1. The molecular weight excluding hydrogens is 857 g/mol. The molecule has 4 heterocycles. The van der Waals surface area contributed by atoms with Crippen molar-refractivity contribution in [3.63, 3.8) is 0 Å². The molecule has 68 heavy (non-hydrogen) atoms. The number of hydrogen-bond donors (Lipinski definition) is 4. The lowest BCUT2D eigenvalue weighted by molar-refractivity contribution is -0.136. The fourth-order valence-electron chi connectivity index (χ4n) is 10.4. The van der Waals surface area contributed by atoms with Crippen molar-refractivity contribution in [1.29, 1.82) is 0 Å². The Morgan fingerprint density at radius 2 is 1.16 bits per heavy atom. The fraction of sp³-hybridized carbons (Fsp3) is 0.407. The highest BCUT2D eigenvalue weighted by molar-refractivity contribution is 5.90. The van der Waals surface area contributed by atoms with Crippen molar-refractivity contribution in [3.05, 3.63) is 107 Å². The van der Waals surface area contributed by atoms with Gasteiger partial charge in [0.15, 0.2) is 0 Å². The first kappa shape index (κ1) is 46.2. The highest BCUT2D eigenvalue weighted by atomic mass is 16.5. The van der Waals surface area contributed by atoms with Gasteiger partial charge in [-0.05, 0) is 124 Å². The third kappa shape index (κ3) is 9.20. The Kier molecular flexibility index (Phi) is 12.9. The van der Waals surface area contributed by atoms with Crippen molar-refractivity contribution in [2.45, 2.75) is 91.4 Å². The predicted octanol–water partition coefficient (Wildman–Crippen LogP) is 9.62. The van der Waals surface area contributed by atoms with Gasteiger partial charge in [0.1, 0.15) is 23.7 Å². The molecule has 2 aromatic heterocycles. The van der Waals surface area contributed by atoms with Crippen LogP contribution in [0.15, 0.2) is 72.8 Å². The van der Waals surface area contributed by atoms with E-state index in [1.807, 2.05) is 37.5 Å². The Bertz CT molecular complexity index is 2930. The van der Waals surface area contributed by atoms with E-state index in [9.17, 15) is 19.2 Å². The first-order valence-electron chi connectivity index (χ1n) is 23.9. The van der Waals surface area contributed by atoms with Gasteiger partial charge in [0, 0.05) is 13.1 Å². The quantitative estimate of drug-likeness (QED) is 0.105. The van der Waals surface area contributed by atoms with Gasteiger partial charge in [-0.3, -0.25) is 9.59 Å². The molecule has 2 aliphatic heterocycles. The number of nitrogens with zero attached hydrogens (tertiary/aromatic N) is 4. The lowest BCUT2D eigenvalue weighted by Crippen LogP contribution is -2.51. The second-order valence-electron chi connectivity index (χ2n) is 19.8. The summed E-state index contributed by atoms with van der Waals surface area (Å²) in [6, 6.07) is 24.2. The van der Waals surface area contributed by atoms with E-state index in [2.05, 4.69) is 119 Å². The lowest BCUT2D eigenvalue weighted by atomic mass is 9.90. The molecule has 0 saturated carbocycles. The number of rotatable bonds is 10. The number of aromatic nitrogens is 4. The zero-order valence-corrected chi connectivity index (χ0v) is 40.2. The molecule has 0 unspecified atom stereocenters. The van der Waals surface area contributed by atoms with E-state index in [0.717, 1.165) is 92.8 Å². The highest BCUT2D eigenvalue weighted by Gasteiger charge is 2.42. The number of amides is 4. The molecule has 354 valence electrons. The van der Waals surface area contributed by atoms with Crippen molar-refractivity contribution in [2.24, 2.45) is 23.7 Å². The van der Waals surface area contributed by atoms with Gasteiger partial charge < -0.3 is 39.9 Å². The first-order valence-corrected chi connectivity index (χ1v) is 23.9. The molecular formula is C54H62N8O6. The molecule has 2 fully saturated rings. The van der Waals surface area contributed by atoms with Crippen LogP contribution in [0, 0.1) is 23.7 Å². The van der Waals surface area contributed by atoms with E-state index in [0.29, 0.717) is 13.1 Å². The lowest BCUT2D eigenvalue weighted by Gasteiger charge is -2.30. The van der Waals surface area contributed by atoms with Crippen LogP contribution in [-0.2, 0) is 31.9 Å². The van der Waals surface area contributed by atoms with Crippen LogP contribution in [-0.4, -0.2) is 93.1 Å². The number of alkyl carbamates (subject to hydrolysis) is 2. The molecule has 0 radical (unpaired) electrons. The van der Waals surface area contributed by atoms with E-state index in [4.69, 9.17) is 19.4 Å².